The number of rotatable bonds is 3. The first-order valence-corrected chi connectivity index (χ1v) is 7.03. The van der Waals surface area contributed by atoms with Gasteiger partial charge in [0, 0.05) is 24.1 Å². The van der Waals surface area contributed by atoms with Crippen LogP contribution in [-0.4, -0.2) is 41.4 Å². The first-order valence-electron chi connectivity index (χ1n) is 6.24. The number of hydrogen-bond donors (Lipinski definition) is 1. The number of hydrogen-bond acceptors (Lipinski definition) is 3. The van der Waals surface area contributed by atoms with Crippen molar-refractivity contribution < 1.29 is 9.84 Å². The van der Waals surface area contributed by atoms with Crippen LogP contribution in [-0.2, 0) is 11.3 Å². The maximum atomic E-state index is 9.29. The van der Waals surface area contributed by atoms with E-state index in [1.165, 1.54) is 5.56 Å². The van der Waals surface area contributed by atoms with E-state index < -0.39 is 0 Å². The van der Waals surface area contributed by atoms with Gasteiger partial charge in [-0.3, -0.25) is 4.90 Å². The Hall–Kier alpha value is -0.420. The molecule has 1 fully saturated rings. The minimum atomic E-state index is -0.197. The first-order chi connectivity index (χ1) is 8.48. The quantitative estimate of drug-likeness (QED) is 0.930. The molecule has 1 N–H and O–H groups in total. The van der Waals surface area contributed by atoms with E-state index in [4.69, 9.17) is 4.74 Å². The molecule has 18 heavy (non-hydrogen) atoms. The van der Waals surface area contributed by atoms with Crippen molar-refractivity contribution in [2.24, 2.45) is 0 Å². The zero-order valence-electron chi connectivity index (χ0n) is 10.9. The van der Waals surface area contributed by atoms with Gasteiger partial charge in [-0.1, -0.05) is 28.1 Å². The minimum Gasteiger partial charge on any atom is -0.394 e. The molecule has 1 aromatic carbocycles. The number of halogens is 1. The van der Waals surface area contributed by atoms with Crippen molar-refractivity contribution in [3.63, 3.8) is 0 Å². The van der Waals surface area contributed by atoms with Crippen molar-refractivity contribution in [1.29, 1.82) is 0 Å². The van der Waals surface area contributed by atoms with Crippen molar-refractivity contribution in [1.82, 2.24) is 4.90 Å². The first kappa shape index (κ1) is 14.0. The molecule has 1 aliphatic rings. The van der Waals surface area contributed by atoms with E-state index in [1.807, 2.05) is 6.07 Å². The van der Waals surface area contributed by atoms with Crippen LogP contribution < -0.4 is 0 Å². The average Bonchev–Trinajstić information content (AvgIpc) is 2.26. The monoisotopic (exact) mass is 313 g/mol. The van der Waals surface area contributed by atoms with E-state index in [1.54, 1.807) is 0 Å². The van der Waals surface area contributed by atoms with Gasteiger partial charge in [-0.25, -0.2) is 0 Å². The normalized spacial score (nSPS) is 24.1. The van der Waals surface area contributed by atoms with Gasteiger partial charge in [0.1, 0.15) is 0 Å². The van der Waals surface area contributed by atoms with Gasteiger partial charge < -0.3 is 9.84 Å². The van der Waals surface area contributed by atoms with Crippen LogP contribution in [0.3, 0.4) is 0 Å². The van der Waals surface area contributed by atoms with Gasteiger partial charge in [-0.15, -0.1) is 0 Å². The van der Waals surface area contributed by atoms with Crippen LogP contribution in [0.25, 0.3) is 0 Å². The van der Waals surface area contributed by atoms with Crippen LogP contribution in [0.5, 0.6) is 0 Å². The summed E-state index contributed by atoms with van der Waals surface area (Å²) in [5.74, 6) is 0. The highest BCUT2D eigenvalue weighted by molar-refractivity contribution is 9.10. The molecular weight excluding hydrogens is 294 g/mol. The predicted octanol–water partition coefficient (Wildman–Crippen LogP) is 2.42. The van der Waals surface area contributed by atoms with Crippen molar-refractivity contribution in [3.8, 4) is 0 Å². The van der Waals surface area contributed by atoms with E-state index in [0.29, 0.717) is 0 Å². The molecule has 0 saturated carbocycles. The standard InChI is InChI=1S/C14H20BrNO2/c1-14(2)10-16(8-13(9-17)18-14)7-11-4-3-5-12(15)6-11/h3-6,13,17H,7-10H2,1-2H3. The molecule has 0 aromatic heterocycles. The Morgan fingerprint density at radius 1 is 1.50 bits per heavy atom. The highest BCUT2D eigenvalue weighted by atomic mass is 79.9. The summed E-state index contributed by atoms with van der Waals surface area (Å²) in [6, 6.07) is 8.34. The zero-order valence-corrected chi connectivity index (χ0v) is 12.5. The Bertz CT molecular complexity index is 409. The van der Waals surface area contributed by atoms with Gasteiger partial charge >= 0.3 is 0 Å². The Balaban J connectivity index is 2.04. The molecule has 0 aliphatic carbocycles. The highest BCUT2D eigenvalue weighted by Crippen LogP contribution is 2.23. The number of morpholine rings is 1. The second kappa shape index (κ2) is 5.70. The van der Waals surface area contributed by atoms with Crippen LogP contribution in [0.15, 0.2) is 28.7 Å². The maximum Gasteiger partial charge on any atom is 0.0940 e. The number of nitrogens with zero attached hydrogens (tertiary/aromatic N) is 1. The van der Waals surface area contributed by atoms with Crippen LogP contribution in [0.2, 0.25) is 0 Å². The molecule has 0 radical (unpaired) electrons. The molecule has 0 spiro atoms. The lowest BCUT2D eigenvalue weighted by Crippen LogP contribution is -2.53. The number of aliphatic hydroxyl groups excluding tert-OH is 1. The van der Waals surface area contributed by atoms with E-state index in [0.717, 1.165) is 24.1 Å². The molecule has 1 saturated heterocycles. The summed E-state index contributed by atoms with van der Waals surface area (Å²) in [6.45, 7) is 6.79. The van der Waals surface area contributed by atoms with Gasteiger partial charge in [-0.2, -0.15) is 0 Å². The molecule has 1 unspecified atom stereocenters. The molecule has 0 amide bonds. The van der Waals surface area contributed by atoms with Gasteiger partial charge in [0.15, 0.2) is 0 Å². The Morgan fingerprint density at radius 3 is 2.94 bits per heavy atom. The summed E-state index contributed by atoms with van der Waals surface area (Å²) < 4.78 is 6.92. The van der Waals surface area contributed by atoms with Crippen LogP contribution in [0, 0.1) is 0 Å². The second-order valence-electron chi connectivity index (χ2n) is 5.48. The van der Waals surface area contributed by atoms with Crippen molar-refractivity contribution in [2.45, 2.75) is 32.1 Å². The predicted molar refractivity (Wildman–Crippen MR) is 75.5 cm³/mol. The van der Waals surface area contributed by atoms with Crippen molar-refractivity contribution in [3.05, 3.63) is 34.3 Å². The maximum absolute atomic E-state index is 9.29. The van der Waals surface area contributed by atoms with Crippen LogP contribution in [0.4, 0.5) is 0 Å². The number of aliphatic hydroxyl groups is 1. The fraction of sp³-hybridized carbons (Fsp3) is 0.571. The molecule has 1 heterocycles. The second-order valence-corrected chi connectivity index (χ2v) is 6.40. The van der Waals surface area contributed by atoms with E-state index in [9.17, 15) is 5.11 Å². The lowest BCUT2D eigenvalue weighted by atomic mass is 10.0. The Kier molecular flexibility index (Phi) is 4.43. The summed E-state index contributed by atoms with van der Waals surface area (Å²) in [5.41, 5.74) is 1.08. The zero-order chi connectivity index (χ0) is 13.2. The lowest BCUT2D eigenvalue weighted by Gasteiger charge is -2.42. The molecule has 1 aliphatic heterocycles. The highest BCUT2D eigenvalue weighted by Gasteiger charge is 2.32. The summed E-state index contributed by atoms with van der Waals surface area (Å²) in [5, 5.41) is 9.29. The van der Waals surface area contributed by atoms with E-state index in [2.05, 4.69) is 52.9 Å². The molecule has 3 nitrogen and oxygen atoms in total. The summed E-state index contributed by atoms with van der Waals surface area (Å²) >= 11 is 3.49. The fourth-order valence-corrected chi connectivity index (χ4v) is 2.97. The average molecular weight is 314 g/mol. The third-order valence-corrected chi connectivity index (χ3v) is 3.54. The Labute approximate surface area is 117 Å². The molecule has 0 bridgehead atoms. The van der Waals surface area contributed by atoms with Gasteiger partial charge in [0.2, 0.25) is 0 Å². The van der Waals surface area contributed by atoms with E-state index >= 15 is 0 Å². The van der Waals surface area contributed by atoms with Crippen molar-refractivity contribution >= 4 is 15.9 Å². The molecule has 1 aromatic rings. The van der Waals surface area contributed by atoms with Gasteiger partial charge in [0.05, 0.1) is 18.3 Å². The van der Waals surface area contributed by atoms with Crippen molar-refractivity contribution in [2.75, 3.05) is 19.7 Å². The largest absolute Gasteiger partial charge is 0.394 e. The van der Waals surface area contributed by atoms with Gasteiger partial charge in [-0.05, 0) is 31.5 Å². The molecule has 1 atom stereocenters. The minimum absolute atomic E-state index is 0.0818. The van der Waals surface area contributed by atoms with Crippen LogP contribution >= 0.6 is 15.9 Å². The summed E-state index contributed by atoms with van der Waals surface area (Å²) in [7, 11) is 0. The lowest BCUT2D eigenvalue weighted by molar-refractivity contribution is -0.150. The fourth-order valence-electron chi connectivity index (χ4n) is 2.53. The number of benzene rings is 1. The topological polar surface area (TPSA) is 32.7 Å². The third kappa shape index (κ3) is 3.79. The smallest absolute Gasteiger partial charge is 0.0940 e. The third-order valence-electron chi connectivity index (χ3n) is 3.05. The molecular formula is C14H20BrNO2. The van der Waals surface area contributed by atoms with E-state index in [-0.39, 0.29) is 18.3 Å². The van der Waals surface area contributed by atoms with Crippen LogP contribution in [0.1, 0.15) is 19.4 Å². The molecule has 100 valence electrons. The van der Waals surface area contributed by atoms with Gasteiger partial charge in [0.25, 0.3) is 0 Å². The Morgan fingerprint density at radius 2 is 2.28 bits per heavy atom. The molecule has 2 rings (SSSR count). The SMILES string of the molecule is CC1(C)CN(Cc2cccc(Br)c2)CC(CO)O1. The number of ether oxygens (including phenoxy) is 1. The molecule has 4 heteroatoms. The summed E-state index contributed by atoms with van der Waals surface area (Å²) in [6.07, 6.45) is -0.0825. The summed E-state index contributed by atoms with van der Waals surface area (Å²) in [4.78, 5) is 2.34.